The second-order valence-corrected chi connectivity index (χ2v) is 5.21. The van der Waals surface area contributed by atoms with Crippen molar-refractivity contribution >= 4 is 17.3 Å². The molecule has 0 radical (unpaired) electrons. The van der Waals surface area contributed by atoms with Crippen molar-refractivity contribution in [3.63, 3.8) is 0 Å². The Balaban J connectivity index is 2.20. The zero-order valence-electron chi connectivity index (χ0n) is 10.8. The van der Waals surface area contributed by atoms with Crippen LogP contribution in [-0.4, -0.2) is 30.2 Å². The largest absolute Gasteiger partial charge is 0.573 e. The van der Waals surface area contributed by atoms with E-state index < -0.39 is 18.2 Å². The van der Waals surface area contributed by atoms with Crippen LogP contribution in [0.1, 0.15) is 19.8 Å². The van der Waals surface area contributed by atoms with Crippen molar-refractivity contribution in [2.24, 2.45) is 0 Å². The molecule has 112 valence electrons. The van der Waals surface area contributed by atoms with E-state index in [-0.39, 0.29) is 11.1 Å². The molecule has 2 atom stereocenters. The van der Waals surface area contributed by atoms with Crippen molar-refractivity contribution in [1.29, 1.82) is 0 Å². The first-order valence-electron chi connectivity index (χ1n) is 6.28. The summed E-state index contributed by atoms with van der Waals surface area (Å²) in [6.07, 6.45) is -3.51. The lowest BCUT2D eigenvalue weighted by molar-refractivity contribution is -0.274. The molecule has 0 aromatic heterocycles. The van der Waals surface area contributed by atoms with E-state index in [1.807, 2.05) is 4.90 Å². The Morgan fingerprint density at radius 3 is 2.70 bits per heavy atom. The number of alkyl halides is 3. The zero-order valence-corrected chi connectivity index (χ0v) is 11.6. The average molecular weight is 310 g/mol. The quantitative estimate of drug-likeness (QED) is 0.926. The Bertz CT molecular complexity index is 479. The fraction of sp³-hybridized carbons (Fsp3) is 0.538. The van der Waals surface area contributed by atoms with Crippen LogP contribution in [0.4, 0.5) is 18.9 Å². The van der Waals surface area contributed by atoms with Crippen LogP contribution in [0.15, 0.2) is 18.2 Å². The van der Waals surface area contributed by atoms with Gasteiger partial charge in [-0.3, -0.25) is 0 Å². The van der Waals surface area contributed by atoms with Gasteiger partial charge in [0.05, 0.1) is 17.2 Å². The molecule has 1 heterocycles. The van der Waals surface area contributed by atoms with Crippen molar-refractivity contribution in [2.45, 2.75) is 38.3 Å². The summed E-state index contributed by atoms with van der Waals surface area (Å²) in [5.41, 5.74) is 0.688. The van der Waals surface area contributed by atoms with Gasteiger partial charge in [-0.05, 0) is 38.0 Å². The standard InChI is InChI=1S/C13H15ClF3NO2/c1-8(19)11-3-2-6-18(11)9-4-5-12(10(14)7-9)20-13(15,16)17/h4-5,7-8,11,19H,2-3,6H2,1H3. The molecule has 20 heavy (non-hydrogen) atoms. The van der Waals surface area contributed by atoms with Gasteiger partial charge in [-0.25, -0.2) is 0 Å². The molecule has 0 saturated carbocycles. The van der Waals surface area contributed by atoms with Gasteiger partial charge in [0.25, 0.3) is 0 Å². The second-order valence-electron chi connectivity index (χ2n) is 4.81. The highest BCUT2D eigenvalue weighted by atomic mass is 35.5. The first kappa shape index (κ1) is 15.3. The highest BCUT2D eigenvalue weighted by molar-refractivity contribution is 6.32. The number of ether oxygens (including phenoxy) is 1. The first-order chi connectivity index (χ1) is 9.28. The van der Waals surface area contributed by atoms with E-state index in [4.69, 9.17) is 11.6 Å². The maximum absolute atomic E-state index is 12.2. The Labute approximate surface area is 119 Å². The van der Waals surface area contributed by atoms with Crippen molar-refractivity contribution < 1.29 is 23.0 Å². The summed E-state index contributed by atoms with van der Waals surface area (Å²) in [5, 5.41) is 9.61. The fourth-order valence-electron chi connectivity index (χ4n) is 2.49. The maximum Gasteiger partial charge on any atom is 0.573 e. The van der Waals surface area contributed by atoms with Crippen LogP contribution in [0.3, 0.4) is 0 Å². The molecule has 0 aliphatic carbocycles. The molecule has 2 rings (SSSR count). The predicted molar refractivity (Wildman–Crippen MR) is 70.2 cm³/mol. The summed E-state index contributed by atoms with van der Waals surface area (Å²) in [5.74, 6) is -0.421. The van der Waals surface area contributed by atoms with Crippen LogP contribution < -0.4 is 9.64 Å². The topological polar surface area (TPSA) is 32.7 Å². The Morgan fingerprint density at radius 1 is 1.45 bits per heavy atom. The molecule has 0 bridgehead atoms. The summed E-state index contributed by atoms with van der Waals surface area (Å²) in [6, 6.07) is 4.11. The Kier molecular flexibility index (Phi) is 4.34. The fourth-order valence-corrected chi connectivity index (χ4v) is 2.70. The SMILES string of the molecule is CC(O)C1CCCN1c1ccc(OC(F)(F)F)c(Cl)c1. The monoisotopic (exact) mass is 309 g/mol. The smallest absolute Gasteiger partial charge is 0.404 e. The van der Waals surface area contributed by atoms with Crippen LogP contribution >= 0.6 is 11.6 Å². The van der Waals surface area contributed by atoms with Gasteiger partial charge in [0.15, 0.2) is 0 Å². The summed E-state index contributed by atoms with van der Waals surface area (Å²) >= 11 is 5.83. The summed E-state index contributed by atoms with van der Waals surface area (Å²) < 4.78 is 40.3. The van der Waals surface area contributed by atoms with E-state index in [2.05, 4.69) is 4.74 Å². The summed E-state index contributed by atoms with van der Waals surface area (Å²) in [7, 11) is 0. The van der Waals surface area contributed by atoms with Crippen LogP contribution in [0.5, 0.6) is 5.75 Å². The molecule has 1 aliphatic heterocycles. The molecule has 1 aromatic carbocycles. The van der Waals surface area contributed by atoms with Crippen LogP contribution in [0.2, 0.25) is 5.02 Å². The van der Waals surface area contributed by atoms with E-state index >= 15 is 0 Å². The van der Waals surface area contributed by atoms with Crippen molar-refractivity contribution in [3.8, 4) is 5.75 Å². The molecule has 1 saturated heterocycles. The van der Waals surface area contributed by atoms with Crippen molar-refractivity contribution in [1.82, 2.24) is 0 Å². The molecule has 3 nitrogen and oxygen atoms in total. The van der Waals surface area contributed by atoms with E-state index in [1.54, 1.807) is 6.92 Å². The third-order valence-corrected chi connectivity index (χ3v) is 3.62. The lowest BCUT2D eigenvalue weighted by atomic mass is 10.1. The predicted octanol–water partition coefficient (Wildman–Crippen LogP) is 3.59. The number of aliphatic hydroxyl groups is 1. The lowest BCUT2D eigenvalue weighted by Gasteiger charge is -2.29. The third-order valence-electron chi connectivity index (χ3n) is 3.33. The number of nitrogens with zero attached hydrogens (tertiary/aromatic N) is 1. The van der Waals surface area contributed by atoms with Gasteiger partial charge < -0.3 is 14.7 Å². The highest BCUT2D eigenvalue weighted by Crippen LogP contribution is 2.35. The molecule has 1 fully saturated rings. The average Bonchev–Trinajstić information content (AvgIpc) is 2.79. The van der Waals surface area contributed by atoms with Gasteiger partial charge in [0.1, 0.15) is 5.75 Å². The van der Waals surface area contributed by atoms with E-state index in [0.717, 1.165) is 19.4 Å². The summed E-state index contributed by atoms with van der Waals surface area (Å²) in [4.78, 5) is 1.95. The molecule has 0 spiro atoms. The number of hydrogen-bond donors (Lipinski definition) is 1. The van der Waals surface area contributed by atoms with Gasteiger partial charge >= 0.3 is 6.36 Å². The molecule has 1 aromatic rings. The van der Waals surface area contributed by atoms with Gasteiger partial charge in [0.2, 0.25) is 0 Å². The lowest BCUT2D eigenvalue weighted by Crippen LogP contribution is -2.37. The molecule has 7 heteroatoms. The number of benzene rings is 1. The van der Waals surface area contributed by atoms with Gasteiger partial charge in [-0.1, -0.05) is 11.6 Å². The number of anilines is 1. The minimum atomic E-state index is -4.76. The third kappa shape index (κ3) is 3.49. The number of hydrogen-bond acceptors (Lipinski definition) is 3. The zero-order chi connectivity index (χ0) is 14.9. The number of aliphatic hydroxyl groups excluding tert-OH is 1. The maximum atomic E-state index is 12.2. The minimum Gasteiger partial charge on any atom is -0.404 e. The molecule has 0 amide bonds. The van der Waals surface area contributed by atoms with Gasteiger partial charge in [-0.15, -0.1) is 13.2 Å². The summed E-state index contributed by atoms with van der Waals surface area (Å²) in [6.45, 7) is 2.44. The number of halogens is 4. The normalized spacial score (nSPS) is 21.1. The van der Waals surface area contributed by atoms with Crippen LogP contribution in [-0.2, 0) is 0 Å². The van der Waals surface area contributed by atoms with Crippen molar-refractivity contribution in [3.05, 3.63) is 23.2 Å². The van der Waals surface area contributed by atoms with E-state index in [1.165, 1.54) is 18.2 Å². The van der Waals surface area contributed by atoms with E-state index in [0.29, 0.717) is 5.69 Å². The van der Waals surface area contributed by atoms with E-state index in [9.17, 15) is 18.3 Å². The molecule has 2 unspecified atom stereocenters. The van der Waals surface area contributed by atoms with Crippen LogP contribution in [0, 0.1) is 0 Å². The first-order valence-corrected chi connectivity index (χ1v) is 6.66. The Morgan fingerprint density at radius 2 is 2.15 bits per heavy atom. The van der Waals surface area contributed by atoms with Gasteiger partial charge in [0, 0.05) is 12.2 Å². The van der Waals surface area contributed by atoms with Crippen molar-refractivity contribution in [2.75, 3.05) is 11.4 Å². The number of rotatable bonds is 3. The minimum absolute atomic E-state index is 0.0412. The highest BCUT2D eigenvalue weighted by Gasteiger charge is 2.33. The molecule has 1 aliphatic rings. The molecular weight excluding hydrogens is 295 g/mol. The Hall–Kier alpha value is -1.14. The van der Waals surface area contributed by atoms with Gasteiger partial charge in [-0.2, -0.15) is 0 Å². The second kappa shape index (κ2) is 5.69. The molecule has 1 N–H and O–H groups in total. The molecular formula is C13H15ClF3NO2. The van der Waals surface area contributed by atoms with Crippen LogP contribution in [0.25, 0.3) is 0 Å².